The summed E-state index contributed by atoms with van der Waals surface area (Å²) in [4.78, 5) is 23.8. The fourth-order valence-corrected chi connectivity index (χ4v) is 3.91. The summed E-state index contributed by atoms with van der Waals surface area (Å²) in [5.41, 5.74) is 0.659. The van der Waals surface area contributed by atoms with Crippen LogP contribution in [0.15, 0.2) is 24.3 Å². The van der Waals surface area contributed by atoms with Gasteiger partial charge in [-0.2, -0.15) is 0 Å². The Morgan fingerprint density at radius 2 is 1.70 bits per heavy atom. The van der Waals surface area contributed by atoms with E-state index in [2.05, 4.69) is 5.32 Å². The van der Waals surface area contributed by atoms with Crippen molar-refractivity contribution in [1.82, 2.24) is 0 Å². The second-order valence-corrected chi connectivity index (χ2v) is 6.16. The Morgan fingerprint density at radius 3 is 2.30 bits per heavy atom. The molecule has 2 fully saturated rings. The number of aliphatic carboxylic acids is 1. The van der Waals surface area contributed by atoms with Crippen molar-refractivity contribution >= 4 is 29.2 Å². The molecule has 0 saturated heterocycles. The Balaban J connectivity index is 1.76. The minimum atomic E-state index is -0.839. The number of nitrogens with one attached hydrogen (secondary N) is 1. The lowest BCUT2D eigenvalue weighted by atomic mass is 9.78. The van der Waals surface area contributed by atoms with Gasteiger partial charge in [-0.3, -0.25) is 9.59 Å². The standard InChI is InChI=1S/C15H16ClNO3/c16-10-3-5-11(6-4-10)17-14(18)12-8-1-2-9(7-8)13(12)15(19)20/h3-6,8-9,12-13H,1-2,7H2,(H,17,18)(H,19,20)/t8-,9-,12-,13+/m0/s1. The molecule has 0 spiro atoms. The van der Waals surface area contributed by atoms with Gasteiger partial charge in [0.15, 0.2) is 0 Å². The summed E-state index contributed by atoms with van der Waals surface area (Å²) in [6.07, 6.45) is 2.77. The summed E-state index contributed by atoms with van der Waals surface area (Å²) in [7, 11) is 0. The van der Waals surface area contributed by atoms with E-state index < -0.39 is 17.8 Å². The zero-order valence-corrected chi connectivity index (χ0v) is 11.6. The number of anilines is 1. The predicted octanol–water partition coefficient (Wildman–Crippen LogP) is 3.03. The highest BCUT2D eigenvalue weighted by molar-refractivity contribution is 6.30. The van der Waals surface area contributed by atoms with Crippen molar-refractivity contribution in [2.45, 2.75) is 19.3 Å². The summed E-state index contributed by atoms with van der Waals surface area (Å²) in [6, 6.07) is 6.85. The molecule has 2 aliphatic carbocycles. The largest absolute Gasteiger partial charge is 0.481 e. The topological polar surface area (TPSA) is 66.4 Å². The number of rotatable bonds is 3. The van der Waals surface area contributed by atoms with E-state index in [0.29, 0.717) is 10.7 Å². The van der Waals surface area contributed by atoms with Gasteiger partial charge in [-0.1, -0.05) is 11.6 Å². The number of carboxylic acid groups (broad SMARTS) is 1. The maximum absolute atomic E-state index is 12.4. The summed E-state index contributed by atoms with van der Waals surface area (Å²) in [5.74, 6) is -1.56. The van der Waals surface area contributed by atoms with Gasteiger partial charge in [-0.05, 0) is 55.4 Å². The van der Waals surface area contributed by atoms with Gasteiger partial charge in [0.25, 0.3) is 0 Å². The van der Waals surface area contributed by atoms with Crippen LogP contribution in [0.3, 0.4) is 0 Å². The van der Waals surface area contributed by atoms with Crippen molar-refractivity contribution in [3.05, 3.63) is 29.3 Å². The van der Waals surface area contributed by atoms with Gasteiger partial charge in [-0.25, -0.2) is 0 Å². The molecule has 3 rings (SSSR count). The molecule has 2 aliphatic rings. The monoisotopic (exact) mass is 293 g/mol. The Labute approximate surface area is 122 Å². The molecule has 4 nitrogen and oxygen atoms in total. The molecule has 1 aromatic carbocycles. The minimum Gasteiger partial charge on any atom is -0.481 e. The van der Waals surface area contributed by atoms with Crippen molar-refractivity contribution in [1.29, 1.82) is 0 Å². The van der Waals surface area contributed by atoms with Gasteiger partial charge in [0.05, 0.1) is 11.8 Å². The molecule has 1 aromatic rings. The van der Waals surface area contributed by atoms with Crippen LogP contribution in [-0.4, -0.2) is 17.0 Å². The molecular formula is C15H16ClNO3. The van der Waals surface area contributed by atoms with Crippen molar-refractivity contribution < 1.29 is 14.7 Å². The molecule has 0 unspecified atom stereocenters. The van der Waals surface area contributed by atoms with Crippen LogP contribution < -0.4 is 5.32 Å². The average molecular weight is 294 g/mol. The third-order valence-electron chi connectivity index (χ3n) is 4.62. The highest BCUT2D eigenvalue weighted by atomic mass is 35.5. The zero-order chi connectivity index (χ0) is 14.3. The molecule has 5 heteroatoms. The van der Waals surface area contributed by atoms with Crippen LogP contribution in [0.4, 0.5) is 5.69 Å². The van der Waals surface area contributed by atoms with Crippen molar-refractivity contribution in [3.8, 4) is 0 Å². The zero-order valence-electron chi connectivity index (χ0n) is 10.9. The third kappa shape index (κ3) is 2.29. The number of amides is 1. The highest BCUT2D eigenvalue weighted by Crippen LogP contribution is 2.52. The van der Waals surface area contributed by atoms with Gasteiger partial charge in [0, 0.05) is 10.7 Å². The van der Waals surface area contributed by atoms with Gasteiger partial charge in [0.2, 0.25) is 5.91 Å². The number of hydrogen-bond acceptors (Lipinski definition) is 2. The average Bonchev–Trinajstić information content (AvgIpc) is 3.01. The normalized spacial score (nSPS) is 31.2. The number of carbonyl (C=O) groups is 2. The number of benzene rings is 1. The van der Waals surface area contributed by atoms with E-state index in [0.717, 1.165) is 19.3 Å². The third-order valence-corrected chi connectivity index (χ3v) is 4.87. The van der Waals surface area contributed by atoms with Gasteiger partial charge < -0.3 is 10.4 Å². The second-order valence-electron chi connectivity index (χ2n) is 5.72. The van der Waals surface area contributed by atoms with Gasteiger partial charge in [-0.15, -0.1) is 0 Å². The molecule has 0 heterocycles. The number of fused-ring (bicyclic) bond motifs is 2. The summed E-state index contributed by atoms with van der Waals surface area (Å²) in [5, 5.41) is 12.8. The lowest BCUT2D eigenvalue weighted by molar-refractivity contribution is -0.148. The van der Waals surface area contributed by atoms with Crippen LogP contribution in [0.25, 0.3) is 0 Å². The molecule has 2 N–H and O–H groups in total. The molecule has 0 aliphatic heterocycles. The Bertz CT molecular complexity index is 543. The van der Waals surface area contributed by atoms with E-state index in [-0.39, 0.29) is 17.7 Å². The van der Waals surface area contributed by atoms with E-state index in [1.165, 1.54) is 0 Å². The highest BCUT2D eigenvalue weighted by Gasteiger charge is 2.53. The van der Waals surface area contributed by atoms with E-state index in [1.54, 1.807) is 24.3 Å². The van der Waals surface area contributed by atoms with E-state index in [9.17, 15) is 14.7 Å². The molecule has 2 saturated carbocycles. The lowest BCUT2D eigenvalue weighted by Gasteiger charge is -2.27. The maximum Gasteiger partial charge on any atom is 0.307 e. The fourth-order valence-electron chi connectivity index (χ4n) is 3.78. The lowest BCUT2D eigenvalue weighted by Crippen LogP contribution is -2.37. The number of carbonyl (C=O) groups excluding carboxylic acids is 1. The molecule has 1 amide bonds. The quantitative estimate of drug-likeness (QED) is 0.900. The van der Waals surface area contributed by atoms with Gasteiger partial charge in [0.1, 0.15) is 0 Å². The molecule has 106 valence electrons. The predicted molar refractivity (Wildman–Crippen MR) is 75.5 cm³/mol. The summed E-state index contributed by atoms with van der Waals surface area (Å²) >= 11 is 5.80. The molecular weight excluding hydrogens is 278 g/mol. The van der Waals surface area contributed by atoms with Crippen molar-refractivity contribution in [3.63, 3.8) is 0 Å². The number of carboxylic acids is 1. The van der Waals surface area contributed by atoms with E-state index in [1.807, 2.05) is 0 Å². The van der Waals surface area contributed by atoms with Crippen LogP contribution in [-0.2, 0) is 9.59 Å². The first-order valence-electron chi connectivity index (χ1n) is 6.85. The van der Waals surface area contributed by atoms with E-state index in [4.69, 9.17) is 11.6 Å². The SMILES string of the molecule is O=C(O)[C@@H]1[C@H]2CC[C@@H](C2)[C@@H]1C(=O)Nc1ccc(Cl)cc1. The number of hydrogen-bond donors (Lipinski definition) is 2. The maximum atomic E-state index is 12.4. The molecule has 20 heavy (non-hydrogen) atoms. The summed E-state index contributed by atoms with van der Waals surface area (Å²) in [6.45, 7) is 0. The first-order chi connectivity index (χ1) is 9.56. The van der Waals surface area contributed by atoms with Crippen molar-refractivity contribution in [2.24, 2.45) is 23.7 Å². The Hall–Kier alpha value is -1.55. The smallest absolute Gasteiger partial charge is 0.307 e. The van der Waals surface area contributed by atoms with Crippen LogP contribution in [0.2, 0.25) is 5.02 Å². The molecule has 0 radical (unpaired) electrons. The Morgan fingerprint density at radius 1 is 1.10 bits per heavy atom. The Kier molecular flexibility index (Phi) is 3.42. The minimum absolute atomic E-state index is 0.165. The van der Waals surface area contributed by atoms with Crippen molar-refractivity contribution in [2.75, 3.05) is 5.32 Å². The second kappa shape index (κ2) is 5.09. The van der Waals surface area contributed by atoms with Crippen LogP contribution in [0.5, 0.6) is 0 Å². The molecule has 0 aromatic heterocycles. The van der Waals surface area contributed by atoms with Gasteiger partial charge >= 0.3 is 5.97 Å². The first-order valence-corrected chi connectivity index (χ1v) is 7.23. The summed E-state index contributed by atoms with van der Waals surface area (Å²) < 4.78 is 0. The first kappa shape index (κ1) is 13.4. The van der Waals surface area contributed by atoms with Crippen LogP contribution >= 0.6 is 11.6 Å². The van der Waals surface area contributed by atoms with E-state index >= 15 is 0 Å². The van der Waals surface area contributed by atoms with Crippen LogP contribution in [0.1, 0.15) is 19.3 Å². The molecule has 2 bridgehead atoms. The molecule has 4 atom stereocenters. The van der Waals surface area contributed by atoms with Crippen LogP contribution in [0, 0.1) is 23.7 Å². The fraction of sp³-hybridized carbons (Fsp3) is 0.467. The number of halogens is 1.